The van der Waals surface area contributed by atoms with Gasteiger partial charge in [-0.2, -0.15) is 0 Å². The molecule has 10 heteroatoms. The summed E-state index contributed by atoms with van der Waals surface area (Å²) >= 11 is 3.62. The van der Waals surface area contributed by atoms with Gasteiger partial charge in [-0.05, 0) is 57.7 Å². The summed E-state index contributed by atoms with van der Waals surface area (Å²) in [5, 5.41) is 21.6. The van der Waals surface area contributed by atoms with E-state index >= 15 is 0 Å². The average Bonchev–Trinajstić information content (AvgIpc) is 2.57. The van der Waals surface area contributed by atoms with E-state index in [1.807, 2.05) is 59.0 Å². The van der Waals surface area contributed by atoms with Gasteiger partial charge in [0.05, 0.1) is 43.1 Å². The van der Waals surface area contributed by atoms with Crippen molar-refractivity contribution in [2.75, 3.05) is 18.5 Å². The normalized spacial score (nSPS) is 19.8. The number of carboxylic acid groups (broad SMARTS) is 2. The first-order valence-electron chi connectivity index (χ1n) is 8.08. The first kappa shape index (κ1) is 22.3. The number of benzene rings is 1. The first-order chi connectivity index (χ1) is 12.6. The number of nitrogens with one attached hydrogen (secondary N) is 1. The van der Waals surface area contributed by atoms with Crippen molar-refractivity contribution in [3.8, 4) is 0 Å². The van der Waals surface area contributed by atoms with Gasteiger partial charge in [0.2, 0.25) is 5.91 Å². The van der Waals surface area contributed by atoms with E-state index in [0.717, 1.165) is 0 Å². The Morgan fingerprint density at radius 1 is 1.04 bits per heavy atom. The van der Waals surface area contributed by atoms with Crippen molar-refractivity contribution in [1.29, 1.82) is 0 Å². The summed E-state index contributed by atoms with van der Waals surface area (Å²) in [6.45, 7) is 5.68. The number of rotatable bonds is 5. The van der Waals surface area contributed by atoms with E-state index in [2.05, 4.69) is 5.32 Å². The quantitative estimate of drug-likeness (QED) is 0.443. The van der Waals surface area contributed by atoms with E-state index in [9.17, 15) is 24.6 Å². The van der Waals surface area contributed by atoms with Gasteiger partial charge in [0, 0.05) is 5.92 Å². The van der Waals surface area contributed by atoms with Crippen LogP contribution in [0.15, 0.2) is 0 Å². The van der Waals surface area contributed by atoms with E-state index < -0.39 is 23.8 Å². The summed E-state index contributed by atoms with van der Waals surface area (Å²) in [6.07, 6.45) is -0.370. The molecule has 148 valence electrons. The van der Waals surface area contributed by atoms with Gasteiger partial charge in [-0.15, -0.1) is 0 Å². The Morgan fingerprint density at radius 2 is 1.48 bits per heavy atom. The molecule has 8 nitrogen and oxygen atoms in total. The Bertz CT molecular complexity index is 745. The Labute approximate surface area is 183 Å². The van der Waals surface area contributed by atoms with Crippen molar-refractivity contribution in [3.63, 3.8) is 0 Å². The summed E-state index contributed by atoms with van der Waals surface area (Å²) in [7, 11) is 0. The van der Waals surface area contributed by atoms with Crippen LogP contribution in [0, 0.1) is 25.9 Å². The highest BCUT2D eigenvalue weighted by atomic mass is 127. The minimum Gasteiger partial charge on any atom is -0.478 e. The minimum atomic E-state index is -1.25. The molecule has 1 aromatic carbocycles. The largest absolute Gasteiger partial charge is 0.478 e. The van der Waals surface area contributed by atoms with E-state index in [4.69, 9.17) is 9.47 Å². The molecule has 0 aliphatic carbocycles. The van der Waals surface area contributed by atoms with Crippen molar-refractivity contribution in [2.24, 2.45) is 11.8 Å². The van der Waals surface area contributed by atoms with Crippen molar-refractivity contribution in [1.82, 2.24) is 0 Å². The number of carboxylic acids is 2. The van der Waals surface area contributed by atoms with Crippen LogP contribution in [0.25, 0.3) is 0 Å². The lowest BCUT2D eigenvalue weighted by Crippen LogP contribution is -2.41. The van der Waals surface area contributed by atoms with Crippen molar-refractivity contribution in [2.45, 2.75) is 27.1 Å². The zero-order valence-corrected chi connectivity index (χ0v) is 19.2. The molecule has 2 rings (SSSR count). The monoisotopic (exact) mass is 603 g/mol. The molecule has 0 atom stereocenters. The van der Waals surface area contributed by atoms with Gasteiger partial charge < -0.3 is 25.0 Å². The Balaban J connectivity index is 2.34. The molecule has 1 aliphatic rings. The molecule has 1 fully saturated rings. The molecular formula is C17H19I2NO7. The zero-order chi connectivity index (χ0) is 20.5. The zero-order valence-electron chi connectivity index (χ0n) is 14.8. The van der Waals surface area contributed by atoms with Crippen molar-refractivity contribution in [3.05, 3.63) is 23.8 Å². The minimum absolute atomic E-state index is 0.139. The van der Waals surface area contributed by atoms with E-state index in [0.29, 0.717) is 0 Å². The van der Waals surface area contributed by atoms with Gasteiger partial charge in [-0.3, -0.25) is 4.79 Å². The van der Waals surface area contributed by atoms with E-state index in [1.165, 1.54) is 6.92 Å². The van der Waals surface area contributed by atoms with E-state index in [1.54, 1.807) is 0 Å². The fourth-order valence-corrected chi connectivity index (χ4v) is 5.29. The molecule has 3 N–H and O–H groups in total. The highest BCUT2D eigenvalue weighted by Crippen LogP contribution is 2.35. The molecule has 0 spiro atoms. The fourth-order valence-electron chi connectivity index (χ4n) is 2.70. The summed E-state index contributed by atoms with van der Waals surface area (Å²) in [5.41, 5.74) is 0.0398. The second kappa shape index (κ2) is 9.01. The van der Waals surface area contributed by atoms with Crippen LogP contribution in [-0.4, -0.2) is 47.6 Å². The summed E-state index contributed by atoms with van der Waals surface area (Å²) in [4.78, 5) is 35.9. The molecule has 0 saturated carbocycles. The number of halogens is 2. The second-order valence-electron chi connectivity index (χ2n) is 6.45. The van der Waals surface area contributed by atoms with Crippen LogP contribution >= 0.6 is 45.2 Å². The van der Waals surface area contributed by atoms with Crippen LogP contribution in [-0.2, 0) is 14.3 Å². The molecule has 27 heavy (non-hydrogen) atoms. The Hall–Kier alpha value is -0.990. The lowest BCUT2D eigenvalue weighted by atomic mass is 10.0. The van der Waals surface area contributed by atoms with Gasteiger partial charge in [-0.25, -0.2) is 9.59 Å². The van der Waals surface area contributed by atoms with Crippen LogP contribution in [0.2, 0.25) is 0 Å². The maximum atomic E-state index is 12.6. The first-order valence-corrected chi connectivity index (χ1v) is 10.2. The Kier molecular flexibility index (Phi) is 7.44. The number of anilines is 1. The number of amides is 1. The highest BCUT2D eigenvalue weighted by molar-refractivity contribution is 14.1. The predicted octanol–water partition coefficient (Wildman–Crippen LogP) is 3.18. The van der Waals surface area contributed by atoms with Crippen LogP contribution < -0.4 is 5.32 Å². The van der Waals surface area contributed by atoms with Gasteiger partial charge in [-0.1, -0.05) is 13.8 Å². The maximum Gasteiger partial charge on any atom is 0.337 e. The Morgan fingerprint density at radius 3 is 1.85 bits per heavy atom. The predicted molar refractivity (Wildman–Crippen MR) is 113 cm³/mol. The summed E-state index contributed by atoms with van der Waals surface area (Å²) in [6, 6.07) is 0. The molecule has 0 aromatic heterocycles. The summed E-state index contributed by atoms with van der Waals surface area (Å²) in [5.74, 6) is -3.34. The molecule has 1 aliphatic heterocycles. The molecular weight excluding hydrogens is 584 g/mol. The van der Waals surface area contributed by atoms with Gasteiger partial charge in [0.1, 0.15) is 0 Å². The number of carbonyl (C=O) groups excluding carboxylic acids is 1. The van der Waals surface area contributed by atoms with Gasteiger partial charge in [0.25, 0.3) is 0 Å². The van der Waals surface area contributed by atoms with Crippen molar-refractivity contribution < 1.29 is 34.1 Å². The molecule has 1 aromatic rings. The number of ether oxygens (including phenoxy) is 2. The molecule has 1 amide bonds. The third-order valence-corrected chi connectivity index (χ3v) is 6.30. The highest BCUT2D eigenvalue weighted by Gasteiger charge is 2.32. The molecule has 0 bridgehead atoms. The smallest absolute Gasteiger partial charge is 0.337 e. The topological polar surface area (TPSA) is 122 Å². The lowest BCUT2D eigenvalue weighted by molar-refractivity contribution is -0.217. The van der Waals surface area contributed by atoms with Crippen LogP contribution in [0.4, 0.5) is 5.69 Å². The average molecular weight is 603 g/mol. The SMILES string of the molecule is Cc1c(C(=O)O)c(I)c(NC(=O)C2COC(C(C)C)OC2)c(I)c1C(=O)O. The molecule has 0 unspecified atom stereocenters. The lowest BCUT2D eigenvalue weighted by Gasteiger charge is -2.31. The van der Waals surface area contributed by atoms with Crippen LogP contribution in [0.1, 0.15) is 40.1 Å². The van der Waals surface area contributed by atoms with Crippen LogP contribution in [0.5, 0.6) is 0 Å². The van der Waals surface area contributed by atoms with Crippen molar-refractivity contribution >= 4 is 68.7 Å². The van der Waals surface area contributed by atoms with Crippen LogP contribution in [0.3, 0.4) is 0 Å². The number of hydrogen-bond acceptors (Lipinski definition) is 5. The van der Waals surface area contributed by atoms with E-state index in [-0.39, 0.29) is 54.9 Å². The number of aromatic carboxylic acids is 2. The van der Waals surface area contributed by atoms with Gasteiger partial charge >= 0.3 is 11.9 Å². The summed E-state index contributed by atoms with van der Waals surface area (Å²) < 4.78 is 11.6. The number of carbonyl (C=O) groups is 3. The number of hydrogen-bond donors (Lipinski definition) is 3. The molecule has 1 heterocycles. The third-order valence-electron chi connectivity index (χ3n) is 4.14. The standard InChI is InChI=1S/C17H19I2NO7/c1-6(2)17-26-4-8(5-27-17)14(21)20-13-11(18)9(15(22)23)7(3)10(12(13)19)16(24)25/h6,8,17H,4-5H2,1-3H3,(H,20,21)(H,22,23)(H,24,25). The maximum absolute atomic E-state index is 12.6. The molecule has 0 radical (unpaired) electrons. The van der Waals surface area contributed by atoms with Gasteiger partial charge in [0.15, 0.2) is 6.29 Å². The molecule has 1 saturated heterocycles. The second-order valence-corrected chi connectivity index (χ2v) is 8.61. The fraction of sp³-hybridized carbons (Fsp3) is 0.471. The third kappa shape index (κ3) is 4.71.